The number of pyridine rings is 1. The molecule has 3 aromatic carbocycles. The molecule has 0 aliphatic carbocycles. The Morgan fingerprint density at radius 2 is 1.62 bits per heavy atom. The third kappa shape index (κ3) is 5.64. The van der Waals surface area contributed by atoms with Crippen LogP contribution in [0.3, 0.4) is 0 Å². The van der Waals surface area contributed by atoms with Crippen molar-refractivity contribution in [1.29, 1.82) is 5.26 Å². The van der Waals surface area contributed by atoms with Gasteiger partial charge in [0.1, 0.15) is 16.8 Å². The molecule has 4 rings (SSSR count). The standard InChI is InChI=1S/C28H23N3O2S/c1-33-23-14-12-22(13-15-23)30-27(32)16-17-34-28-25(19-29)24(20-8-4-2-5-9-20)18-26(31-28)21-10-6-3-7-11-21/h2-15,18H,16-17H2,1H3,(H,30,32). The van der Waals surface area contributed by atoms with Crippen LogP contribution in [0.25, 0.3) is 22.4 Å². The van der Waals surface area contributed by atoms with Crippen LogP contribution in [-0.4, -0.2) is 23.8 Å². The second kappa shape index (κ2) is 11.2. The third-order valence-corrected chi connectivity index (χ3v) is 6.17. The van der Waals surface area contributed by atoms with E-state index in [2.05, 4.69) is 11.4 Å². The van der Waals surface area contributed by atoms with E-state index in [-0.39, 0.29) is 5.91 Å². The van der Waals surface area contributed by atoms with Crippen molar-refractivity contribution in [2.45, 2.75) is 11.4 Å². The van der Waals surface area contributed by atoms with E-state index in [1.165, 1.54) is 11.8 Å². The van der Waals surface area contributed by atoms with Gasteiger partial charge in [0.05, 0.1) is 18.4 Å². The first-order valence-corrected chi connectivity index (χ1v) is 11.8. The number of anilines is 1. The summed E-state index contributed by atoms with van der Waals surface area (Å²) in [5, 5.41) is 13.5. The molecule has 0 saturated carbocycles. The first kappa shape index (κ1) is 23.1. The molecule has 1 amide bonds. The predicted molar refractivity (Wildman–Crippen MR) is 137 cm³/mol. The second-order valence-corrected chi connectivity index (χ2v) is 8.54. The summed E-state index contributed by atoms with van der Waals surface area (Å²) in [5.41, 5.74) is 4.79. The summed E-state index contributed by atoms with van der Waals surface area (Å²) in [6.07, 6.45) is 0.291. The number of hydrogen-bond donors (Lipinski definition) is 1. The summed E-state index contributed by atoms with van der Waals surface area (Å²) in [4.78, 5) is 17.2. The Hall–Kier alpha value is -4.08. The van der Waals surface area contributed by atoms with Crippen LogP contribution in [0.4, 0.5) is 5.69 Å². The maximum Gasteiger partial charge on any atom is 0.225 e. The fourth-order valence-corrected chi connectivity index (χ4v) is 4.42. The summed E-state index contributed by atoms with van der Waals surface area (Å²) in [6, 6.07) is 31.2. The van der Waals surface area contributed by atoms with E-state index in [4.69, 9.17) is 9.72 Å². The Kier molecular flexibility index (Phi) is 7.59. The zero-order valence-corrected chi connectivity index (χ0v) is 19.5. The van der Waals surface area contributed by atoms with Gasteiger partial charge in [0.15, 0.2) is 0 Å². The van der Waals surface area contributed by atoms with Crippen molar-refractivity contribution in [3.8, 4) is 34.2 Å². The monoisotopic (exact) mass is 465 g/mol. The van der Waals surface area contributed by atoms with Crippen LogP contribution in [0.5, 0.6) is 5.75 Å². The van der Waals surface area contributed by atoms with E-state index in [0.29, 0.717) is 28.5 Å². The number of hydrogen-bond acceptors (Lipinski definition) is 5. The maximum atomic E-state index is 12.4. The lowest BCUT2D eigenvalue weighted by molar-refractivity contribution is -0.115. The Morgan fingerprint density at radius 3 is 2.24 bits per heavy atom. The molecule has 0 spiro atoms. The van der Waals surface area contributed by atoms with Crippen molar-refractivity contribution in [3.63, 3.8) is 0 Å². The Morgan fingerprint density at radius 1 is 0.971 bits per heavy atom. The lowest BCUT2D eigenvalue weighted by Gasteiger charge is -2.13. The highest BCUT2D eigenvalue weighted by Gasteiger charge is 2.16. The van der Waals surface area contributed by atoms with Crippen molar-refractivity contribution < 1.29 is 9.53 Å². The normalized spacial score (nSPS) is 10.4. The summed E-state index contributed by atoms with van der Waals surface area (Å²) in [5.74, 6) is 1.13. The van der Waals surface area contributed by atoms with Crippen LogP contribution in [0.15, 0.2) is 96.0 Å². The average Bonchev–Trinajstić information content (AvgIpc) is 2.89. The van der Waals surface area contributed by atoms with E-state index in [1.54, 1.807) is 31.4 Å². The summed E-state index contributed by atoms with van der Waals surface area (Å²) < 4.78 is 5.14. The highest BCUT2D eigenvalue weighted by atomic mass is 32.2. The molecule has 0 atom stereocenters. The first-order valence-electron chi connectivity index (χ1n) is 10.8. The van der Waals surface area contributed by atoms with Gasteiger partial charge in [-0.3, -0.25) is 4.79 Å². The third-order valence-electron chi connectivity index (χ3n) is 5.19. The van der Waals surface area contributed by atoms with Crippen molar-refractivity contribution in [2.24, 2.45) is 0 Å². The van der Waals surface area contributed by atoms with Gasteiger partial charge in [0.25, 0.3) is 0 Å². The number of amides is 1. The van der Waals surface area contributed by atoms with Crippen LogP contribution >= 0.6 is 11.8 Å². The topological polar surface area (TPSA) is 75.0 Å². The lowest BCUT2D eigenvalue weighted by atomic mass is 9.99. The second-order valence-electron chi connectivity index (χ2n) is 7.45. The van der Waals surface area contributed by atoms with Crippen LogP contribution < -0.4 is 10.1 Å². The number of aromatic nitrogens is 1. The number of ether oxygens (including phenoxy) is 1. The van der Waals surface area contributed by atoms with Crippen molar-refractivity contribution in [1.82, 2.24) is 4.98 Å². The molecule has 0 aliphatic heterocycles. The smallest absolute Gasteiger partial charge is 0.225 e. The molecule has 0 unspecified atom stereocenters. The van der Waals surface area contributed by atoms with Gasteiger partial charge in [-0.1, -0.05) is 60.7 Å². The summed E-state index contributed by atoms with van der Waals surface area (Å²) >= 11 is 1.42. The number of carbonyl (C=O) groups excluding carboxylic acids is 1. The molecule has 0 bridgehead atoms. The fraction of sp³-hybridized carbons (Fsp3) is 0.107. The molecule has 1 heterocycles. The highest BCUT2D eigenvalue weighted by Crippen LogP contribution is 2.34. The molecule has 5 nitrogen and oxygen atoms in total. The molecule has 0 fully saturated rings. The van der Waals surface area contributed by atoms with Crippen molar-refractivity contribution in [3.05, 3.63) is 96.6 Å². The number of nitrogens with one attached hydrogen (secondary N) is 1. The SMILES string of the molecule is COc1ccc(NC(=O)CCSc2nc(-c3ccccc3)cc(-c3ccccc3)c2C#N)cc1. The minimum absolute atomic E-state index is 0.0985. The van der Waals surface area contributed by atoms with E-state index < -0.39 is 0 Å². The van der Waals surface area contributed by atoms with Gasteiger partial charge in [-0.05, 0) is 35.9 Å². The Bertz CT molecular complexity index is 1300. The minimum Gasteiger partial charge on any atom is -0.497 e. The minimum atomic E-state index is -0.0985. The zero-order chi connectivity index (χ0) is 23.8. The Labute approximate surface area is 203 Å². The molecule has 168 valence electrons. The molecule has 1 aromatic heterocycles. The van der Waals surface area contributed by atoms with E-state index in [9.17, 15) is 10.1 Å². The molecular weight excluding hydrogens is 442 g/mol. The molecular formula is C28H23N3O2S. The van der Waals surface area contributed by atoms with Crippen LogP contribution in [0.1, 0.15) is 12.0 Å². The number of carbonyl (C=O) groups is 1. The van der Waals surface area contributed by atoms with Gasteiger partial charge in [-0.15, -0.1) is 11.8 Å². The van der Waals surface area contributed by atoms with Gasteiger partial charge in [0, 0.05) is 29.0 Å². The summed E-state index contributed by atoms with van der Waals surface area (Å²) in [7, 11) is 1.60. The number of thioether (sulfide) groups is 1. The quantitative estimate of drug-likeness (QED) is 0.304. The van der Waals surface area contributed by atoms with Crippen LogP contribution in [0, 0.1) is 11.3 Å². The molecule has 0 aliphatic rings. The zero-order valence-electron chi connectivity index (χ0n) is 18.7. The number of rotatable bonds is 8. The van der Waals surface area contributed by atoms with Gasteiger partial charge < -0.3 is 10.1 Å². The van der Waals surface area contributed by atoms with Gasteiger partial charge in [-0.25, -0.2) is 4.98 Å². The molecule has 0 radical (unpaired) electrons. The van der Waals surface area contributed by atoms with Gasteiger partial charge >= 0.3 is 0 Å². The highest BCUT2D eigenvalue weighted by molar-refractivity contribution is 7.99. The molecule has 1 N–H and O–H groups in total. The number of methoxy groups -OCH3 is 1. The molecule has 0 saturated heterocycles. The van der Waals surface area contributed by atoms with E-state index >= 15 is 0 Å². The van der Waals surface area contributed by atoms with E-state index in [1.807, 2.05) is 66.7 Å². The molecule has 6 heteroatoms. The predicted octanol–water partition coefficient (Wildman–Crippen LogP) is 6.42. The number of nitrogens with zero attached hydrogens (tertiary/aromatic N) is 2. The van der Waals surface area contributed by atoms with E-state index in [0.717, 1.165) is 28.1 Å². The fourth-order valence-electron chi connectivity index (χ4n) is 3.47. The average molecular weight is 466 g/mol. The largest absolute Gasteiger partial charge is 0.497 e. The van der Waals surface area contributed by atoms with Crippen LogP contribution in [0.2, 0.25) is 0 Å². The van der Waals surface area contributed by atoms with Gasteiger partial charge in [0.2, 0.25) is 5.91 Å². The van der Waals surface area contributed by atoms with Crippen molar-refractivity contribution in [2.75, 3.05) is 18.2 Å². The van der Waals surface area contributed by atoms with Crippen LogP contribution in [-0.2, 0) is 4.79 Å². The van der Waals surface area contributed by atoms with Gasteiger partial charge in [-0.2, -0.15) is 5.26 Å². The number of benzene rings is 3. The lowest BCUT2D eigenvalue weighted by Crippen LogP contribution is -2.12. The summed E-state index contributed by atoms with van der Waals surface area (Å²) in [6.45, 7) is 0. The van der Waals surface area contributed by atoms with Crippen molar-refractivity contribution >= 4 is 23.4 Å². The maximum absolute atomic E-state index is 12.4. The molecule has 34 heavy (non-hydrogen) atoms. The first-order chi connectivity index (χ1) is 16.7. The number of nitriles is 1. The Balaban J connectivity index is 1.55. The molecule has 4 aromatic rings.